The first kappa shape index (κ1) is 4.90. The van der Waals surface area contributed by atoms with Crippen molar-refractivity contribution >= 4 is 12.1 Å². The molecule has 0 aliphatic carbocycles. The zero-order valence-electron chi connectivity index (χ0n) is 5.13. The van der Waals surface area contributed by atoms with Crippen LogP contribution in [0.3, 0.4) is 0 Å². The maximum absolute atomic E-state index is 9.72. The Balaban J connectivity index is 0.000000640. The summed E-state index contributed by atoms with van der Waals surface area (Å²) in [4.78, 5) is 9.72. The fraction of sp³-hybridized carbons (Fsp3) is 0. The molecule has 0 radical (unpaired) electrons. The number of anilines is 1. The second-order valence-electron chi connectivity index (χ2n) is 1.27. The SMILES string of the molecule is O=CNc1ccoc1.[H+]. The lowest BCUT2D eigenvalue weighted by atomic mass is 10.5. The fourth-order valence-corrected chi connectivity index (χ4v) is 0.415. The van der Waals surface area contributed by atoms with E-state index in [2.05, 4.69) is 9.73 Å². The highest BCUT2D eigenvalue weighted by atomic mass is 16.3. The lowest BCUT2D eigenvalue weighted by Crippen LogP contribution is -1.89. The molecule has 1 N–H and O–H groups in total. The van der Waals surface area contributed by atoms with Crippen LogP contribution in [0.2, 0.25) is 0 Å². The van der Waals surface area contributed by atoms with Crippen LogP contribution in [0.15, 0.2) is 23.0 Å². The van der Waals surface area contributed by atoms with Crippen molar-refractivity contribution in [2.45, 2.75) is 0 Å². The van der Waals surface area contributed by atoms with Gasteiger partial charge in [-0.1, -0.05) is 0 Å². The topological polar surface area (TPSA) is 42.2 Å². The molecule has 0 spiro atoms. The number of furan rings is 1. The quantitative estimate of drug-likeness (QED) is 0.579. The van der Waals surface area contributed by atoms with Crippen LogP contribution in [0.1, 0.15) is 1.43 Å². The molecule has 0 saturated heterocycles. The average Bonchev–Trinajstić information content (AvgIpc) is 2.19. The Morgan fingerprint density at radius 2 is 2.75 bits per heavy atom. The van der Waals surface area contributed by atoms with Gasteiger partial charge < -0.3 is 9.73 Å². The van der Waals surface area contributed by atoms with Crippen LogP contribution in [0.5, 0.6) is 0 Å². The van der Waals surface area contributed by atoms with Crippen molar-refractivity contribution in [1.29, 1.82) is 0 Å². The predicted molar refractivity (Wildman–Crippen MR) is 29.5 cm³/mol. The number of nitrogens with one attached hydrogen (secondary N) is 1. The van der Waals surface area contributed by atoms with Gasteiger partial charge in [-0.15, -0.1) is 0 Å². The third kappa shape index (κ3) is 0.872. The number of amides is 1. The minimum Gasteiger partial charge on any atom is -0.470 e. The number of hydrogen-bond donors (Lipinski definition) is 1. The van der Waals surface area contributed by atoms with E-state index >= 15 is 0 Å². The Hall–Kier alpha value is -1.25. The van der Waals surface area contributed by atoms with Crippen LogP contribution in [-0.2, 0) is 4.79 Å². The van der Waals surface area contributed by atoms with E-state index in [4.69, 9.17) is 0 Å². The summed E-state index contributed by atoms with van der Waals surface area (Å²) in [6.07, 6.45) is 3.55. The third-order valence-corrected chi connectivity index (χ3v) is 0.747. The highest BCUT2D eigenvalue weighted by Crippen LogP contribution is 2.03. The standard InChI is InChI=1S/C5H5NO2/c7-4-6-5-1-2-8-3-5/h1-4H,(H,6,7)/p+1. The molecule has 0 atom stereocenters. The molecule has 1 aromatic heterocycles. The van der Waals surface area contributed by atoms with Crippen molar-refractivity contribution < 1.29 is 10.6 Å². The highest BCUT2D eigenvalue weighted by Gasteiger charge is 1.85. The number of carbonyl (C=O) groups excluding carboxylic acids is 1. The van der Waals surface area contributed by atoms with Crippen molar-refractivity contribution in [3.05, 3.63) is 18.6 Å². The van der Waals surface area contributed by atoms with E-state index in [9.17, 15) is 4.79 Å². The molecule has 8 heavy (non-hydrogen) atoms. The highest BCUT2D eigenvalue weighted by molar-refractivity contribution is 5.70. The third-order valence-electron chi connectivity index (χ3n) is 0.747. The molecule has 42 valence electrons. The van der Waals surface area contributed by atoms with E-state index < -0.39 is 0 Å². The first-order valence-electron chi connectivity index (χ1n) is 2.16. The second-order valence-corrected chi connectivity index (χ2v) is 1.27. The molecular weight excluding hydrogens is 106 g/mol. The zero-order valence-corrected chi connectivity index (χ0v) is 4.13. The molecule has 1 heterocycles. The van der Waals surface area contributed by atoms with Crippen molar-refractivity contribution in [3.63, 3.8) is 0 Å². The molecule has 0 unspecified atom stereocenters. The summed E-state index contributed by atoms with van der Waals surface area (Å²) in [5, 5.41) is 2.41. The lowest BCUT2D eigenvalue weighted by Gasteiger charge is -1.83. The van der Waals surface area contributed by atoms with Crippen LogP contribution < -0.4 is 5.32 Å². The molecule has 0 aliphatic heterocycles. The van der Waals surface area contributed by atoms with E-state index in [-0.39, 0.29) is 1.43 Å². The van der Waals surface area contributed by atoms with Gasteiger partial charge in [0.2, 0.25) is 6.41 Å². The number of rotatable bonds is 2. The minimum atomic E-state index is 0. The predicted octanol–water partition coefficient (Wildman–Crippen LogP) is 0.960. The molecule has 3 heteroatoms. The Morgan fingerprint density at radius 1 is 1.88 bits per heavy atom. The first-order chi connectivity index (χ1) is 3.93. The molecule has 1 amide bonds. The van der Waals surface area contributed by atoms with Gasteiger partial charge in [0.25, 0.3) is 0 Å². The zero-order chi connectivity index (χ0) is 5.82. The van der Waals surface area contributed by atoms with E-state index in [1.807, 2.05) is 0 Å². The average molecular weight is 112 g/mol. The Labute approximate surface area is 47.8 Å². The molecule has 1 aromatic rings. The van der Waals surface area contributed by atoms with Gasteiger partial charge in [0, 0.05) is 0 Å². The van der Waals surface area contributed by atoms with Crippen LogP contribution in [0.25, 0.3) is 0 Å². The van der Waals surface area contributed by atoms with Gasteiger partial charge in [0.15, 0.2) is 0 Å². The summed E-state index contributed by atoms with van der Waals surface area (Å²) < 4.78 is 4.65. The smallest absolute Gasteiger partial charge is 0.470 e. The Kier molecular flexibility index (Phi) is 1.32. The van der Waals surface area contributed by atoms with Crippen molar-refractivity contribution in [1.82, 2.24) is 0 Å². The molecule has 0 aromatic carbocycles. The van der Waals surface area contributed by atoms with Gasteiger partial charge in [-0.05, 0) is 6.07 Å². The molecule has 0 aliphatic rings. The Morgan fingerprint density at radius 3 is 3.25 bits per heavy atom. The number of hydrogen-bond acceptors (Lipinski definition) is 2. The maximum Gasteiger partial charge on any atom is 1.00 e. The van der Waals surface area contributed by atoms with E-state index in [0.29, 0.717) is 12.1 Å². The van der Waals surface area contributed by atoms with Crippen molar-refractivity contribution in [3.8, 4) is 0 Å². The lowest BCUT2D eigenvalue weighted by molar-refractivity contribution is -0.105. The van der Waals surface area contributed by atoms with Crippen LogP contribution in [0.4, 0.5) is 5.69 Å². The van der Waals surface area contributed by atoms with E-state index in [0.717, 1.165) is 0 Å². The summed E-state index contributed by atoms with van der Waals surface area (Å²) >= 11 is 0. The van der Waals surface area contributed by atoms with Gasteiger partial charge >= 0.3 is 1.43 Å². The van der Waals surface area contributed by atoms with Crippen LogP contribution in [-0.4, -0.2) is 6.41 Å². The summed E-state index contributed by atoms with van der Waals surface area (Å²) in [5.74, 6) is 0. The first-order valence-corrected chi connectivity index (χ1v) is 2.16. The van der Waals surface area contributed by atoms with Gasteiger partial charge in [-0.2, -0.15) is 0 Å². The maximum atomic E-state index is 9.72. The number of carbonyl (C=O) groups is 1. The largest absolute Gasteiger partial charge is 1.00 e. The molecule has 1 rings (SSSR count). The van der Waals surface area contributed by atoms with Gasteiger partial charge in [0.05, 0.1) is 12.0 Å². The molecular formula is C5H6NO2+. The summed E-state index contributed by atoms with van der Waals surface area (Å²) in [6, 6.07) is 1.66. The second kappa shape index (κ2) is 2.16. The van der Waals surface area contributed by atoms with Gasteiger partial charge in [-0.3, -0.25) is 4.79 Å². The van der Waals surface area contributed by atoms with Gasteiger partial charge in [-0.25, -0.2) is 0 Å². The normalized spacial score (nSPS) is 8.50. The minimum absolute atomic E-state index is 0. The van der Waals surface area contributed by atoms with E-state index in [1.165, 1.54) is 12.5 Å². The van der Waals surface area contributed by atoms with Crippen LogP contribution >= 0.6 is 0 Å². The van der Waals surface area contributed by atoms with Crippen LogP contribution in [0, 0.1) is 0 Å². The molecule has 3 nitrogen and oxygen atoms in total. The molecule has 0 bridgehead atoms. The molecule has 0 saturated carbocycles. The van der Waals surface area contributed by atoms with Crippen molar-refractivity contribution in [2.24, 2.45) is 0 Å². The summed E-state index contributed by atoms with van der Waals surface area (Å²) in [5.41, 5.74) is 0.681. The summed E-state index contributed by atoms with van der Waals surface area (Å²) in [7, 11) is 0. The van der Waals surface area contributed by atoms with Gasteiger partial charge in [0.1, 0.15) is 6.26 Å². The summed E-state index contributed by atoms with van der Waals surface area (Å²) in [6.45, 7) is 0. The molecule has 0 fully saturated rings. The van der Waals surface area contributed by atoms with E-state index in [1.54, 1.807) is 6.07 Å². The monoisotopic (exact) mass is 112 g/mol. The van der Waals surface area contributed by atoms with Crippen molar-refractivity contribution in [2.75, 3.05) is 5.32 Å². The fourth-order valence-electron chi connectivity index (χ4n) is 0.415. The Bertz CT molecular complexity index is 161.